The van der Waals surface area contributed by atoms with E-state index in [1.165, 1.54) is 17.0 Å². The smallest absolute Gasteiger partial charge is 0.336 e. The molecule has 0 spiro atoms. The summed E-state index contributed by atoms with van der Waals surface area (Å²) in [6.07, 6.45) is -9.58. The van der Waals surface area contributed by atoms with Gasteiger partial charge in [-0.15, -0.1) is 0 Å². The summed E-state index contributed by atoms with van der Waals surface area (Å²) >= 11 is 4.76. The van der Waals surface area contributed by atoms with Gasteiger partial charge < -0.3 is 4.90 Å². The van der Waals surface area contributed by atoms with Crippen LogP contribution >= 0.6 is 11.6 Å². The van der Waals surface area contributed by atoms with Crippen molar-refractivity contribution in [3.8, 4) is 0 Å². The molecule has 5 rings (SSSR count). The van der Waals surface area contributed by atoms with Crippen molar-refractivity contribution < 1.29 is 40.3 Å². The van der Waals surface area contributed by atoms with Crippen molar-refractivity contribution >= 4 is 22.8 Å². The minimum absolute atomic E-state index is 0.145. The molecular formula is C28H28ClF7N2O2. The number of hydrogen-bond acceptors (Lipinski definition) is 3. The quantitative estimate of drug-likeness (QED) is 0.276. The summed E-state index contributed by atoms with van der Waals surface area (Å²) in [4.78, 5) is 26.7. The predicted octanol–water partition coefficient (Wildman–Crippen LogP) is 7.04. The number of rotatable bonds is 5. The van der Waals surface area contributed by atoms with E-state index in [1.54, 1.807) is 19.1 Å². The van der Waals surface area contributed by atoms with Crippen LogP contribution in [0.5, 0.6) is 0 Å². The Morgan fingerprint density at radius 2 is 1.38 bits per heavy atom. The summed E-state index contributed by atoms with van der Waals surface area (Å²) in [6.45, 7) is 2.98. The van der Waals surface area contributed by atoms with Gasteiger partial charge in [-0.25, -0.2) is 4.39 Å². The second-order valence-electron chi connectivity index (χ2n) is 10.7. The summed E-state index contributed by atoms with van der Waals surface area (Å²) in [7, 11) is 0. The summed E-state index contributed by atoms with van der Waals surface area (Å²) in [5, 5.41) is -1.28. The van der Waals surface area contributed by atoms with Gasteiger partial charge in [0.1, 0.15) is 16.6 Å². The Balaban J connectivity index is 0.000000312. The Hall–Kier alpha value is -2.66. The van der Waals surface area contributed by atoms with Crippen LogP contribution in [0.3, 0.4) is 0 Å². The first-order valence-corrected chi connectivity index (χ1v) is 13.2. The Kier molecular flexibility index (Phi) is 8.31. The molecule has 0 radical (unpaired) electrons. The van der Waals surface area contributed by atoms with Gasteiger partial charge in [0.15, 0.2) is 0 Å². The van der Waals surface area contributed by atoms with E-state index in [1.807, 2.05) is 30.3 Å². The molecule has 2 aliphatic carbocycles. The monoisotopic (exact) mass is 592 g/mol. The van der Waals surface area contributed by atoms with Crippen LogP contribution in [0.15, 0.2) is 54.6 Å². The third-order valence-corrected chi connectivity index (χ3v) is 8.32. The van der Waals surface area contributed by atoms with Gasteiger partial charge in [-0.2, -0.15) is 26.3 Å². The van der Waals surface area contributed by atoms with Crippen LogP contribution < -0.4 is 0 Å². The second-order valence-corrected chi connectivity index (χ2v) is 11.1. The van der Waals surface area contributed by atoms with Crippen molar-refractivity contribution in [3.63, 3.8) is 0 Å². The number of carbonyl (C=O) groups excluding carboxylic acids is 2. The molecular weight excluding hydrogens is 565 g/mol. The number of amides is 1. The lowest BCUT2D eigenvalue weighted by Gasteiger charge is -2.46. The third kappa shape index (κ3) is 6.00. The lowest BCUT2D eigenvalue weighted by molar-refractivity contribution is -0.201. The molecule has 40 heavy (non-hydrogen) atoms. The highest BCUT2D eigenvalue weighted by Gasteiger charge is 2.70. The number of alkyl halides is 6. The molecule has 2 saturated carbocycles. The number of benzene rings is 2. The average molecular weight is 593 g/mol. The third-order valence-electron chi connectivity index (χ3n) is 7.96. The topological polar surface area (TPSA) is 40.6 Å². The van der Waals surface area contributed by atoms with Gasteiger partial charge in [-0.05, 0) is 67.5 Å². The molecule has 1 amide bonds. The molecule has 3 aliphatic rings. The van der Waals surface area contributed by atoms with Crippen LogP contribution in [-0.4, -0.2) is 52.4 Å². The summed E-state index contributed by atoms with van der Waals surface area (Å²) in [6, 6.07) is 15.1. The van der Waals surface area contributed by atoms with Gasteiger partial charge in [0, 0.05) is 25.7 Å². The molecule has 1 saturated heterocycles. The molecule has 2 aromatic rings. The summed E-state index contributed by atoms with van der Waals surface area (Å²) in [5.41, 5.74) is -2.55. The maximum atomic E-state index is 13.6. The largest absolute Gasteiger partial charge is 0.403 e. The minimum Gasteiger partial charge on any atom is -0.336 e. The fraction of sp³-hybridized carbons (Fsp3) is 0.500. The SMILES string of the molecule is C[C@@H]1CN(Cc2ccccc2)[C@@H](c2ccc(F)cc2)CN1C(=O)C1(C(F)(F)F)CC1.O=C(Cl)C1(C(F)(F)F)CC1. The zero-order valence-corrected chi connectivity index (χ0v) is 22.3. The van der Waals surface area contributed by atoms with Crippen molar-refractivity contribution in [3.05, 3.63) is 71.5 Å². The highest BCUT2D eigenvalue weighted by molar-refractivity contribution is 6.65. The Bertz CT molecular complexity index is 1210. The predicted molar refractivity (Wildman–Crippen MR) is 133 cm³/mol. The van der Waals surface area contributed by atoms with Crippen molar-refractivity contribution in [1.82, 2.24) is 9.80 Å². The fourth-order valence-electron chi connectivity index (χ4n) is 5.06. The van der Waals surface area contributed by atoms with E-state index < -0.39 is 34.3 Å². The molecule has 1 aliphatic heterocycles. The zero-order valence-electron chi connectivity index (χ0n) is 21.5. The van der Waals surface area contributed by atoms with Crippen LogP contribution in [0.4, 0.5) is 30.7 Å². The molecule has 1 heterocycles. The Morgan fingerprint density at radius 3 is 1.80 bits per heavy atom. The van der Waals surface area contributed by atoms with Gasteiger partial charge in [0.2, 0.25) is 11.1 Å². The standard InChI is InChI=1S/C23H24F4N2O.C5H4ClF3O/c1-16-13-28(14-17-5-3-2-4-6-17)20(18-7-9-19(24)10-8-18)15-29(16)21(30)22(11-12-22)23(25,26)27;6-3(10)4(1-2-4)5(7,8)9/h2-10,16,20H,11-15H2,1H3;1-2H2/t16-,20-;/m1./s1. The van der Waals surface area contributed by atoms with Crippen LogP contribution in [-0.2, 0) is 16.1 Å². The van der Waals surface area contributed by atoms with Gasteiger partial charge >= 0.3 is 12.4 Å². The van der Waals surface area contributed by atoms with Crippen LogP contribution in [0.25, 0.3) is 0 Å². The van der Waals surface area contributed by atoms with Gasteiger partial charge in [0.05, 0.1) is 6.04 Å². The number of piperazine rings is 1. The fourth-order valence-corrected chi connectivity index (χ4v) is 5.35. The van der Waals surface area contributed by atoms with Crippen LogP contribution in [0, 0.1) is 16.6 Å². The normalized spacial score (nSPS) is 23.6. The molecule has 0 unspecified atom stereocenters. The highest BCUT2D eigenvalue weighted by Crippen LogP contribution is 2.59. The number of halogens is 8. The van der Waals surface area contributed by atoms with E-state index in [9.17, 15) is 40.3 Å². The molecule has 3 fully saturated rings. The molecule has 0 N–H and O–H groups in total. The van der Waals surface area contributed by atoms with Crippen molar-refractivity contribution in [1.29, 1.82) is 0 Å². The maximum absolute atomic E-state index is 13.6. The molecule has 0 aromatic heterocycles. The molecule has 2 atom stereocenters. The Labute approximate surface area is 232 Å². The van der Waals surface area contributed by atoms with Crippen molar-refractivity contribution in [2.45, 2.75) is 63.6 Å². The first kappa shape index (κ1) is 30.3. The van der Waals surface area contributed by atoms with E-state index in [4.69, 9.17) is 11.6 Å². The van der Waals surface area contributed by atoms with Gasteiger partial charge in [-0.1, -0.05) is 42.5 Å². The van der Waals surface area contributed by atoms with Crippen molar-refractivity contribution in [2.24, 2.45) is 10.8 Å². The number of nitrogens with zero attached hydrogens (tertiary/aromatic N) is 2. The van der Waals surface area contributed by atoms with Crippen LogP contribution in [0.1, 0.15) is 49.8 Å². The lowest BCUT2D eigenvalue weighted by atomic mass is 9.95. The Morgan fingerprint density at radius 1 is 0.850 bits per heavy atom. The van der Waals surface area contributed by atoms with Gasteiger partial charge in [0.25, 0.3) is 0 Å². The summed E-state index contributed by atoms with van der Waals surface area (Å²) < 4.78 is 89.7. The number of carbonyl (C=O) groups is 2. The van der Waals surface area contributed by atoms with Crippen molar-refractivity contribution in [2.75, 3.05) is 13.1 Å². The molecule has 2 aromatic carbocycles. The van der Waals surface area contributed by atoms with Crippen LogP contribution in [0.2, 0.25) is 0 Å². The van der Waals surface area contributed by atoms with E-state index >= 15 is 0 Å². The van der Waals surface area contributed by atoms with E-state index in [-0.39, 0.29) is 50.1 Å². The second kappa shape index (κ2) is 11.0. The minimum atomic E-state index is -4.53. The summed E-state index contributed by atoms with van der Waals surface area (Å²) in [5.74, 6) is -1.20. The molecule has 12 heteroatoms. The first-order valence-electron chi connectivity index (χ1n) is 12.8. The molecule has 4 nitrogen and oxygen atoms in total. The number of hydrogen-bond donors (Lipinski definition) is 0. The van der Waals surface area contributed by atoms with E-state index in [0.717, 1.165) is 11.1 Å². The zero-order chi connectivity index (χ0) is 29.5. The van der Waals surface area contributed by atoms with Gasteiger partial charge in [-0.3, -0.25) is 14.5 Å². The van der Waals surface area contributed by atoms with E-state index in [0.29, 0.717) is 13.1 Å². The van der Waals surface area contributed by atoms with E-state index in [2.05, 4.69) is 4.90 Å². The lowest BCUT2D eigenvalue weighted by Crippen LogP contribution is -2.58. The first-order chi connectivity index (χ1) is 18.6. The highest BCUT2D eigenvalue weighted by atomic mass is 35.5. The molecule has 218 valence electrons. The molecule has 0 bridgehead atoms. The maximum Gasteiger partial charge on any atom is 0.403 e. The average Bonchev–Trinajstić information content (AvgIpc) is 3.78.